The van der Waals surface area contributed by atoms with E-state index in [4.69, 9.17) is 0 Å². The highest BCUT2D eigenvalue weighted by molar-refractivity contribution is 7.11. The molecule has 0 unspecified atom stereocenters. The number of rotatable bonds is 3. The third-order valence-electron chi connectivity index (χ3n) is 2.75. The predicted molar refractivity (Wildman–Crippen MR) is 70.7 cm³/mol. The largest absolute Gasteiger partial charge is 0.336 e. The average molecular weight is 264 g/mol. The smallest absolute Gasteiger partial charge is 0.257 e. The summed E-state index contributed by atoms with van der Waals surface area (Å²) in [7, 11) is 1.79. The van der Waals surface area contributed by atoms with Crippen molar-refractivity contribution in [2.75, 3.05) is 7.05 Å². The molecular weight excluding hydrogens is 248 g/mol. The van der Waals surface area contributed by atoms with Gasteiger partial charge in [-0.2, -0.15) is 5.10 Å². The number of amides is 1. The Labute approximate surface area is 110 Å². The Morgan fingerprint density at radius 3 is 2.67 bits per heavy atom. The average Bonchev–Trinajstić information content (AvgIpc) is 2.85. The van der Waals surface area contributed by atoms with Crippen LogP contribution in [0.3, 0.4) is 0 Å². The van der Waals surface area contributed by atoms with E-state index in [9.17, 15) is 4.79 Å². The number of H-pyrrole nitrogens is 1. The summed E-state index contributed by atoms with van der Waals surface area (Å²) in [5, 5.41) is 7.90. The van der Waals surface area contributed by atoms with Crippen LogP contribution in [-0.2, 0) is 6.54 Å². The minimum Gasteiger partial charge on any atom is -0.336 e. The molecule has 0 spiro atoms. The maximum Gasteiger partial charge on any atom is 0.257 e. The van der Waals surface area contributed by atoms with Gasteiger partial charge in [-0.25, -0.2) is 4.98 Å². The van der Waals surface area contributed by atoms with E-state index >= 15 is 0 Å². The number of carbonyl (C=O) groups excluding carboxylic acids is 1. The highest BCUT2D eigenvalue weighted by Crippen LogP contribution is 2.17. The van der Waals surface area contributed by atoms with Gasteiger partial charge >= 0.3 is 0 Å². The highest BCUT2D eigenvalue weighted by atomic mass is 32.1. The van der Waals surface area contributed by atoms with Gasteiger partial charge in [-0.1, -0.05) is 0 Å². The summed E-state index contributed by atoms with van der Waals surface area (Å²) in [5.74, 6) is -0.00944. The Morgan fingerprint density at radius 2 is 2.17 bits per heavy atom. The van der Waals surface area contributed by atoms with Gasteiger partial charge in [-0.3, -0.25) is 9.89 Å². The quantitative estimate of drug-likeness (QED) is 0.923. The van der Waals surface area contributed by atoms with Gasteiger partial charge < -0.3 is 4.90 Å². The molecule has 0 aromatic carbocycles. The van der Waals surface area contributed by atoms with Crippen molar-refractivity contribution in [3.63, 3.8) is 0 Å². The second-order valence-electron chi connectivity index (χ2n) is 4.32. The van der Waals surface area contributed by atoms with E-state index in [-0.39, 0.29) is 5.91 Å². The summed E-state index contributed by atoms with van der Waals surface area (Å²) in [4.78, 5) is 19.3. The summed E-state index contributed by atoms with van der Waals surface area (Å²) >= 11 is 1.61. The number of thiazole rings is 1. The first-order chi connectivity index (χ1) is 8.49. The van der Waals surface area contributed by atoms with Crippen LogP contribution in [0.25, 0.3) is 0 Å². The molecule has 6 heteroatoms. The lowest BCUT2D eigenvalue weighted by molar-refractivity contribution is 0.0785. The number of hydrogen-bond acceptors (Lipinski definition) is 4. The molecule has 1 N–H and O–H groups in total. The Balaban J connectivity index is 2.14. The fraction of sp³-hybridized carbons (Fsp3) is 0.417. The monoisotopic (exact) mass is 264 g/mol. The molecule has 96 valence electrons. The number of carbonyl (C=O) groups is 1. The number of nitrogens with zero attached hydrogens (tertiary/aromatic N) is 3. The van der Waals surface area contributed by atoms with Crippen LogP contribution < -0.4 is 0 Å². The third-order valence-corrected chi connectivity index (χ3v) is 3.65. The lowest BCUT2D eigenvalue weighted by Gasteiger charge is -2.16. The van der Waals surface area contributed by atoms with E-state index < -0.39 is 0 Å². The van der Waals surface area contributed by atoms with Crippen molar-refractivity contribution in [2.45, 2.75) is 27.3 Å². The van der Waals surface area contributed by atoms with Crippen LogP contribution in [0.4, 0.5) is 0 Å². The van der Waals surface area contributed by atoms with Gasteiger partial charge in [-0.05, 0) is 20.8 Å². The first-order valence-corrected chi connectivity index (χ1v) is 6.49. The lowest BCUT2D eigenvalue weighted by atomic mass is 10.2. The first kappa shape index (κ1) is 12.8. The maximum atomic E-state index is 12.3. The molecule has 2 heterocycles. The van der Waals surface area contributed by atoms with Crippen LogP contribution in [0.2, 0.25) is 0 Å². The molecule has 18 heavy (non-hydrogen) atoms. The zero-order chi connectivity index (χ0) is 13.3. The molecule has 2 aromatic rings. The van der Waals surface area contributed by atoms with Gasteiger partial charge in [0.15, 0.2) is 0 Å². The topological polar surface area (TPSA) is 61.9 Å². The molecule has 0 aliphatic carbocycles. The van der Waals surface area contributed by atoms with E-state index in [1.54, 1.807) is 23.3 Å². The van der Waals surface area contributed by atoms with Crippen molar-refractivity contribution < 1.29 is 4.79 Å². The SMILES string of the molecule is Cc1ncc(CN(C)C(=O)c2c(C)n[nH]c2C)s1. The molecule has 2 rings (SSSR count). The molecule has 5 nitrogen and oxygen atoms in total. The summed E-state index contributed by atoms with van der Waals surface area (Å²) in [6.07, 6.45) is 1.82. The summed E-state index contributed by atoms with van der Waals surface area (Å²) < 4.78 is 0. The number of aromatic nitrogens is 3. The fourth-order valence-corrected chi connectivity index (χ4v) is 2.69. The molecule has 0 bridgehead atoms. The van der Waals surface area contributed by atoms with Crippen molar-refractivity contribution in [3.05, 3.63) is 33.0 Å². The first-order valence-electron chi connectivity index (χ1n) is 5.67. The number of nitrogens with one attached hydrogen (secondary N) is 1. The number of aromatic amines is 1. The number of aryl methyl sites for hydroxylation is 3. The predicted octanol–water partition coefficient (Wildman–Crippen LogP) is 2.06. The van der Waals surface area contributed by atoms with Crippen LogP contribution in [0.15, 0.2) is 6.20 Å². The molecule has 1 amide bonds. The minimum atomic E-state index is -0.00944. The van der Waals surface area contributed by atoms with Crippen molar-refractivity contribution in [1.29, 1.82) is 0 Å². The van der Waals surface area contributed by atoms with Crippen molar-refractivity contribution in [1.82, 2.24) is 20.1 Å². The Hall–Kier alpha value is -1.69. The molecule has 0 aliphatic heterocycles. The van der Waals surface area contributed by atoms with Crippen LogP contribution in [0.1, 0.15) is 31.6 Å². The highest BCUT2D eigenvalue weighted by Gasteiger charge is 2.19. The van der Waals surface area contributed by atoms with Crippen LogP contribution >= 0.6 is 11.3 Å². The summed E-state index contributed by atoms with van der Waals surface area (Å²) in [6.45, 7) is 6.23. The van der Waals surface area contributed by atoms with Gasteiger partial charge in [-0.15, -0.1) is 11.3 Å². The Kier molecular flexibility index (Phi) is 3.47. The van der Waals surface area contributed by atoms with Crippen molar-refractivity contribution in [2.24, 2.45) is 0 Å². The van der Waals surface area contributed by atoms with Gasteiger partial charge in [0.25, 0.3) is 5.91 Å². The Morgan fingerprint density at radius 1 is 1.44 bits per heavy atom. The Bertz CT molecular complexity index is 553. The van der Waals surface area contributed by atoms with Crippen molar-refractivity contribution >= 4 is 17.2 Å². The van der Waals surface area contributed by atoms with E-state index in [2.05, 4.69) is 15.2 Å². The van der Waals surface area contributed by atoms with Gasteiger partial charge in [0.2, 0.25) is 0 Å². The molecular formula is C12H16N4OS. The molecule has 0 radical (unpaired) electrons. The molecule has 0 saturated carbocycles. The maximum absolute atomic E-state index is 12.3. The van der Waals surface area contributed by atoms with E-state index in [0.717, 1.165) is 21.3 Å². The molecule has 0 aliphatic rings. The van der Waals surface area contributed by atoms with Crippen LogP contribution in [-0.4, -0.2) is 33.0 Å². The second-order valence-corrected chi connectivity index (χ2v) is 5.64. The molecule has 2 aromatic heterocycles. The molecule has 0 saturated heterocycles. The van der Waals surface area contributed by atoms with Gasteiger partial charge in [0.05, 0.1) is 22.8 Å². The van der Waals surface area contributed by atoms with Gasteiger partial charge in [0, 0.05) is 23.8 Å². The summed E-state index contributed by atoms with van der Waals surface area (Å²) in [5.41, 5.74) is 2.22. The van der Waals surface area contributed by atoms with Crippen molar-refractivity contribution in [3.8, 4) is 0 Å². The van der Waals surface area contributed by atoms with E-state index in [1.807, 2.05) is 27.0 Å². The van der Waals surface area contributed by atoms with Crippen LogP contribution in [0.5, 0.6) is 0 Å². The molecule has 0 atom stereocenters. The number of hydrogen-bond donors (Lipinski definition) is 1. The fourth-order valence-electron chi connectivity index (χ4n) is 1.84. The van der Waals surface area contributed by atoms with Gasteiger partial charge in [0.1, 0.15) is 0 Å². The zero-order valence-electron chi connectivity index (χ0n) is 10.9. The normalized spacial score (nSPS) is 10.7. The zero-order valence-corrected chi connectivity index (χ0v) is 11.8. The van der Waals surface area contributed by atoms with Crippen LogP contribution in [0, 0.1) is 20.8 Å². The van der Waals surface area contributed by atoms with E-state index in [1.165, 1.54) is 0 Å². The third kappa shape index (κ3) is 2.43. The second kappa shape index (κ2) is 4.89. The standard InChI is InChI=1S/C12H16N4OS/c1-7-11(8(2)15-14-7)12(17)16(4)6-10-5-13-9(3)18-10/h5H,6H2,1-4H3,(H,14,15). The lowest BCUT2D eigenvalue weighted by Crippen LogP contribution is -2.26. The van der Waals surface area contributed by atoms with E-state index in [0.29, 0.717) is 12.1 Å². The minimum absolute atomic E-state index is 0.00944. The molecule has 0 fully saturated rings. The summed E-state index contributed by atoms with van der Waals surface area (Å²) in [6, 6.07) is 0.